The fourth-order valence-electron chi connectivity index (χ4n) is 1.99. The monoisotopic (exact) mass is 352 g/mol. The van der Waals surface area contributed by atoms with Crippen LogP contribution in [0.5, 0.6) is 0 Å². The molecular weight excluding hydrogens is 340 g/mol. The van der Waals surface area contributed by atoms with Crippen molar-refractivity contribution in [3.8, 4) is 0 Å². The molecule has 4 nitrogen and oxygen atoms in total. The van der Waals surface area contributed by atoms with E-state index in [-0.39, 0.29) is 0 Å². The van der Waals surface area contributed by atoms with Crippen molar-refractivity contribution in [1.29, 1.82) is 0 Å². The lowest BCUT2D eigenvalue weighted by molar-refractivity contribution is 0.602. The summed E-state index contributed by atoms with van der Waals surface area (Å²) in [7, 11) is -3.20. The summed E-state index contributed by atoms with van der Waals surface area (Å²) >= 11 is 7.29. The molecule has 0 amide bonds. The molecule has 0 unspecified atom stereocenters. The van der Waals surface area contributed by atoms with Crippen LogP contribution in [0.1, 0.15) is 5.56 Å². The number of anilines is 1. The first-order valence-electron chi connectivity index (χ1n) is 6.51. The summed E-state index contributed by atoms with van der Waals surface area (Å²) in [5.41, 5.74) is 1.89. The van der Waals surface area contributed by atoms with Crippen LogP contribution in [0, 0.1) is 0 Å². The Balaban J connectivity index is 1.81. The lowest BCUT2D eigenvalue weighted by Gasteiger charge is -2.02. The van der Waals surface area contributed by atoms with Crippen LogP contribution < -0.4 is 5.32 Å². The minimum absolute atomic E-state index is 0.313. The number of nitrogens with zero attached hydrogens (tertiary/aromatic N) is 1. The van der Waals surface area contributed by atoms with Gasteiger partial charge in [-0.15, -0.1) is 0 Å². The van der Waals surface area contributed by atoms with Crippen molar-refractivity contribution in [3.63, 3.8) is 0 Å². The molecule has 0 saturated heterocycles. The molecule has 1 heterocycles. The van der Waals surface area contributed by atoms with E-state index < -0.39 is 9.84 Å². The molecule has 7 heteroatoms. The van der Waals surface area contributed by atoms with E-state index in [1.54, 1.807) is 18.2 Å². The molecule has 1 N–H and O–H groups in total. The van der Waals surface area contributed by atoms with Crippen LogP contribution in [0.15, 0.2) is 47.4 Å². The third kappa shape index (κ3) is 3.40. The van der Waals surface area contributed by atoms with Crippen molar-refractivity contribution in [2.24, 2.45) is 0 Å². The molecular formula is C15H13ClN2O2S2. The molecule has 0 bridgehead atoms. The zero-order valence-electron chi connectivity index (χ0n) is 11.7. The average Bonchev–Trinajstić information content (AvgIpc) is 2.87. The summed E-state index contributed by atoms with van der Waals surface area (Å²) in [5, 5.41) is 4.71. The third-order valence-electron chi connectivity index (χ3n) is 3.15. The second-order valence-corrected chi connectivity index (χ2v) is 8.38. The minimum Gasteiger partial charge on any atom is -0.357 e. The van der Waals surface area contributed by atoms with Crippen molar-refractivity contribution in [2.75, 3.05) is 11.6 Å². The Morgan fingerprint density at radius 1 is 1.18 bits per heavy atom. The van der Waals surface area contributed by atoms with E-state index >= 15 is 0 Å². The smallest absolute Gasteiger partial charge is 0.184 e. The predicted octanol–water partition coefficient (Wildman–Crippen LogP) is 3.97. The lowest BCUT2D eigenvalue weighted by Crippen LogP contribution is -1.98. The van der Waals surface area contributed by atoms with E-state index in [0.717, 1.165) is 20.9 Å². The molecule has 0 aliphatic rings. The van der Waals surface area contributed by atoms with Gasteiger partial charge in [0.15, 0.2) is 15.0 Å². The molecule has 0 fully saturated rings. The number of sulfone groups is 1. The number of thiazole rings is 1. The highest BCUT2D eigenvalue weighted by molar-refractivity contribution is 7.90. The Hall–Kier alpha value is -1.63. The summed E-state index contributed by atoms with van der Waals surface area (Å²) in [6.07, 6.45) is 1.20. The third-order valence-corrected chi connectivity index (χ3v) is 5.48. The normalized spacial score (nSPS) is 11.7. The van der Waals surface area contributed by atoms with Gasteiger partial charge in [0.05, 0.1) is 15.1 Å². The van der Waals surface area contributed by atoms with Crippen LogP contribution in [0.2, 0.25) is 5.02 Å². The molecule has 0 spiro atoms. The fourth-order valence-corrected chi connectivity index (χ4v) is 3.74. The molecule has 3 rings (SSSR count). The van der Waals surface area contributed by atoms with Gasteiger partial charge in [0, 0.05) is 17.8 Å². The average molecular weight is 353 g/mol. The Bertz CT molecular complexity index is 918. The van der Waals surface area contributed by atoms with Crippen molar-refractivity contribution in [2.45, 2.75) is 11.4 Å². The standard InChI is InChI=1S/C15H13ClN2O2S2/c1-22(19,20)12-6-7-13-14(8-12)21-15(18-13)17-9-10-2-4-11(16)5-3-10/h2-8H,9H2,1H3,(H,17,18). The van der Waals surface area contributed by atoms with E-state index in [1.807, 2.05) is 24.3 Å². The van der Waals surface area contributed by atoms with Gasteiger partial charge in [-0.2, -0.15) is 0 Å². The van der Waals surface area contributed by atoms with Gasteiger partial charge in [0.1, 0.15) is 0 Å². The number of rotatable bonds is 4. The zero-order chi connectivity index (χ0) is 15.7. The fraction of sp³-hybridized carbons (Fsp3) is 0.133. The highest BCUT2D eigenvalue weighted by Crippen LogP contribution is 2.28. The molecule has 0 aliphatic heterocycles. The van der Waals surface area contributed by atoms with Gasteiger partial charge in [0.25, 0.3) is 0 Å². The van der Waals surface area contributed by atoms with Crippen LogP contribution >= 0.6 is 22.9 Å². The van der Waals surface area contributed by atoms with Gasteiger partial charge >= 0.3 is 0 Å². The van der Waals surface area contributed by atoms with Gasteiger partial charge < -0.3 is 5.32 Å². The Morgan fingerprint density at radius 3 is 2.59 bits per heavy atom. The molecule has 0 atom stereocenters. The molecule has 0 radical (unpaired) electrons. The first-order valence-corrected chi connectivity index (χ1v) is 9.59. The van der Waals surface area contributed by atoms with Crippen LogP contribution in [0.3, 0.4) is 0 Å². The number of hydrogen-bond acceptors (Lipinski definition) is 5. The number of fused-ring (bicyclic) bond motifs is 1. The maximum absolute atomic E-state index is 11.6. The van der Waals surface area contributed by atoms with Gasteiger partial charge in [0.2, 0.25) is 0 Å². The molecule has 3 aromatic rings. The second-order valence-electron chi connectivity index (χ2n) is 4.90. The molecule has 22 heavy (non-hydrogen) atoms. The van der Waals surface area contributed by atoms with Crippen LogP contribution in [-0.2, 0) is 16.4 Å². The maximum atomic E-state index is 11.6. The number of aromatic nitrogens is 1. The summed E-state index contributed by atoms with van der Waals surface area (Å²) in [6, 6.07) is 12.6. The van der Waals surface area contributed by atoms with Crippen LogP contribution in [0.4, 0.5) is 5.13 Å². The molecule has 114 valence electrons. The van der Waals surface area contributed by atoms with Gasteiger partial charge in [-0.25, -0.2) is 13.4 Å². The van der Waals surface area contributed by atoms with Crippen molar-refractivity contribution >= 4 is 48.1 Å². The van der Waals surface area contributed by atoms with Crippen molar-refractivity contribution in [1.82, 2.24) is 4.98 Å². The number of benzene rings is 2. The first-order chi connectivity index (χ1) is 10.4. The quantitative estimate of drug-likeness (QED) is 0.772. The van der Waals surface area contributed by atoms with Crippen molar-refractivity contribution < 1.29 is 8.42 Å². The molecule has 1 aromatic heterocycles. The predicted molar refractivity (Wildman–Crippen MR) is 91.5 cm³/mol. The second kappa shape index (κ2) is 5.87. The summed E-state index contributed by atoms with van der Waals surface area (Å²) < 4.78 is 24.0. The van der Waals surface area contributed by atoms with E-state index in [9.17, 15) is 8.42 Å². The van der Waals surface area contributed by atoms with Crippen molar-refractivity contribution in [3.05, 3.63) is 53.1 Å². The maximum Gasteiger partial charge on any atom is 0.184 e. The Labute approximate surface area is 137 Å². The first kappa shape index (κ1) is 15.3. The summed E-state index contributed by atoms with van der Waals surface area (Å²) in [4.78, 5) is 4.77. The van der Waals surface area contributed by atoms with Crippen LogP contribution in [0.25, 0.3) is 10.2 Å². The van der Waals surface area contributed by atoms with E-state index in [0.29, 0.717) is 16.5 Å². The van der Waals surface area contributed by atoms with Crippen LogP contribution in [-0.4, -0.2) is 19.7 Å². The Morgan fingerprint density at radius 2 is 1.91 bits per heavy atom. The number of nitrogens with one attached hydrogen (secondary N) is 1. The summed E-state index contributed by atoms with van der Waals surface area (Å²) in [5.74, 6) is 0. The Kier molecular flexibility index (Phi) is 4.08. The van der Waals surface area contributed by atoms with Gasteiger partial charge in [-0.05, 0) is 35.9 Å². The minimum atomic E-state index is -3.20. The zero-order valence-corrected chi connectivity index (χ0v) is 14.1. The van der Waals surface area contributed by atoms with E-state index in [1.165, 1.54) is 17.6 Å². The summed E-state index contributed by atoms with van der Waals surface area (Å²) in [6.45, 7) is 0.635. The number of halogens is 1. The van der Waals surface area contributed by atoms with E-state index in [2.05, 4.69) is 10.3 Å². The topological polar surface area (TPSA) is 59.1 Å². The molecule has 0 aliphatic carbocycles. The van der Waals surface area contributed by atoms with Gasteiger partial charge in [-0.1, -0.05) is 35.1 Å². The lowest BCUT2D eigenvalue weighted by atomic mass is 10.2. The number of hydrogen-bond donors (Lipinski definition) is 1. The largest absolute Gasteiger partial charge is 0.357 e. The molecule has 0 saturated carbocycles. The highest BCUT2D eigenvalue weighted by atomic mass is 35.5. The SMILES string of the molecule is CS(=O)(=O)c1ccc2nc(NCc3ccc(Cl)cc3)sc2c1. The van der Waals surface area contributed by atoms with Gasteiger partial charge in [-0.3, -0.25) is 0 Å². The van der Waals surface area contributed by atoms with E-state index in [4.69, 9.17) is 11.6 Å². The highest BCUT2D eigenvalue weighted by Gasteiger charge is 2.10. The molecule has 2 aromatic carbocycles.